The highest BCUT2D eigenvalue weighted by Crippen LogP contribution is 2.21. The van der Waals surface area contributed by atoms with Crippen LogP contribution in [-0.4, -0.2) is 28.1 Å². The fourth-order valence-electron chi connectivity index (χ4n) is 1.58. The lowest BCUT2D eigenvalue weighted by molar-refractivity contribution is 0.0697. The molecule has 6 nitrogen and oxygen atoms in total. The summed E-state index contributed by atoms with van der Waals surface area (Å²) in [6.07, 6.45) is 1.46. The summed E-state index contributed by atoms with van der Waals surface area (Å²) < 4.78 is 0. The van der Waals surface area contributed by atoms with Gasteiger partial charge in [-0.2, -0.15) is 0 Å². The van der Waals surface area contributed by atoms with E-state index in [4.69, 9.17) is 10.8 Å². The number of aromatic carboxylic acids is 1. The van der Waals surface area contributed by atoms with Gasteiger partial charge in [0.2, 0.25) is 0 Å². The topological polar surface area (TPSA) is 92.3 Å². The summed E-state index contributed by atoms with van der Waals surface area (Å²) >= 11 is 1.50. The summed E-state index contributed by atoms with van der Waals surface area (Å²) in [5.41, 5.74) is 8.78. The van der Waals surface area contributed by atoms with Gasteiger partial charge in [-0.05, 0) is 6.07 Å². The number of pyridine rings is 1. The van der Waals surface area contributed by atoms with Gasteiger partial charge in [0.05, 0.1) is 35.2 Å². The van der Waals surface area contributed by atoms with E-state index in [-0.39, 0.29) is 11.4 Å². The lowest BCUT2D eigenvalue weighted by Crippen LogP contribution is -2.20. The Bertz CT molecular complexity index is 556. The first-order valence-electron chi connectivity index (χ1n) is 5.15. The van der Waals surface area contributed by atoms with E-state index in [2.05, 4.69) is 9.97 Å². The monoisotopic (exact) mass is 264 g/mol. The number of nitrogens with zero attached hydrogens (tertiary/aromatic N) is 3. The van der Waals surface area contributed by atoms with Crippen molar-refractivity contribution in [1.29, 1.82) is 0 Å². The Morgan fingerprint density at radius 3 is 2.94 bits per heavy atom. The molecule has 2 aromatic heterocycles. The van der Waals surface area contributed by atoms with Crippen molar-refractivity contribution >= 4 is 28.8 Å². The average molecular weight is 264 g/mol. The number of carbonyl (C=O) groups is 1. The summed E-state index contributed by atoms with van der Waals surface area (Å²) in [6, 6.07) is 1.36. The molecule has 2 aromatic rings. The molecule has 0 saturated carbocycles. The van der Waals surface area contributed by atoms with Crippen molar-refractivity contribution < 1.29 is 9.90 Å². The largest absolute Gasteiger partial charge is 0.478 e. The number of aromatic nitrogens is 2. The number of anilines is 2. The van der Waals surface area contributed by atoms with Gasteiger partial charge in [-0.15, -0.1) is 11.3 Å². The first-order valence-corrected chi connectivity index (χ1v) is 6.09. The number of hydrogen-bond donors (Lipinski definition) is 2. The average Bonchev–Trinajstić information content (AvgIpc) is 2.81. The van der Waals surface area contributed by atoms with Crippen LogP contribution in [-0.2, 0) is 6.54 Å². The minimum Gasteiger partial charge on any atom is -0.478 e. The van der Waals surface area contributed by atoms with Gasteiger partial charge in [0.25, 0.3) is 0 Å². The number of hydrogen-bond acceptors (Lipinski definition) is 6. The smallest absolute Gasteiger partial charge is 0.338 e. The van der Waals surface area contributed by atoms with E-state index in [1.165, 1.54) is 23.6 Å². The summed E-state index contributed by atoms with van der Waals surface area (Å²) in [5, 5.41) is 11.1. The van der Waals surface area contributed by atoms with Crippen LogP contribution in [0.4, 0.5) is 11.5 Å². The van der Waals surface area contributed by atoms with Crippen LogP contribution >= 0.6 is 11.3 Å². The first-order chi connectivity index (χ1) is 8.58. The Kier molecular flexibility index (Phi) is 3.42. The van der Waals surface area contributed by atoms with Gasteiger partial charge < -0.3 is 15.7 Å². The van der Waals surface area contributed by atoms with Gasteiger partial charge in [-0.1, -0.05) is 0 Å². The summed E-state index contributed by atoms with van der Waals surface area (Å²) in [7, 11) is 1.79. The molecule has 0 amide bonds. The maximum absolute atomic E-state index is 11.2. The van der Waals surface area contributed by atoms with Crippen LogP contribution in [0.25, 0.3) is 0 Å². The molecule has 0 fully saturated rings. The van der Waals surface area contributed by atoms with Gasteiger partial charge >= 0.3 is 5.97 Å². The van der Waals surface area contributed by atoms with E-state index in [9.17, 15) is 4.79 Å². The predicted molar refractivity (Wildman–Crippen MR) is 69.8 cm³/mol. The normalized spacial score (nSPS) is 10.3. The van der Waals surface area contributed by atoms with Gasteiger partial charge in [0.15, 0.2) is 0 Å². The molecule has 0 bridgehead atoms. The zero-order valence-corrected chi connectivity index (χ0v) is 10.5. The molecule has 0 atom stereocenters. The van der Waals surface area contributed by atoms with Crippen molar-refractivity contribution in [1.82, 2.24) is 9.97 Å². The van der Waals surface area contributed by atoms with Gasteiger partial charge in [0.1, 0.15) is 5.82 Å². The Balaban J connectivity index is 2.29. The molecule has 0 aliphatic heterocycles. The summed E-state index contributed by atoms with van der Waals surface area (Å²) in [5.74, 6) is -0.831. The molecule has 0 radical (unpaired) electrons. The Morgan fingerprint density at radius 2 is 2.33 bits per heavy atom. The van der Waals surface area contributed by atoms with Crippen molar-refractivity contribution in [2.75, 3.05) is 17.7 Å². The molecule has 7 heteroatoms. The van der Waals surface area contributed by atoms with Crippen LogP contribution in [0.3, 0.4) is 0 Å². The Labute approximate surface area is 108 Å². The molecule has 0 aliphatic rings. The molecule has 0 spiro atoms. The molecule has 0 aromatic carbocycles. The third-order valence-electron chi connectivity index (χ3n) is 2.43. The van der Waals surface area contributed by atoms with E-state index in [0.29, 0.717) is 12.2 Å². The van der Waals surface area contributed by atoms with E-state index in [0.717, 1.165) is 5.69 Å². The van der Waals surface area contributed by atoms with E-state index < -0.39 is 5.97 Å². The minimum absolute atomic E-state index is 0.139. The van der Waals surface area contributed by atoms with Crippen LogP contribution in [0.1, 0.15) is 16.1 Å². The molecule has 0 aliphatic carbocycles. The molecule has 0 saturated heterocycles. The predicted octanol–water partition coefficient (Wildman–Crippen LogP) is 1.45. The second-order valence-electron chi connectivity index (χ2n) is 3.77. The number of carboxylic acid groups (broad SMARTS) is 1. The van der Waals surface area contributed by atoms with Crippen molar-refractivity contribution in [2.45, 2.75) is 6.54 Å². The first kappa shape index (κ1) is 12.3. The number of nitrogens with two attached hydrogens (primary N) is 1. The summed E-state index contributed by atoms with van der Waals surface area (Å²) in [6.45, 7) is 0.523. The zero-order chi connectivity index (χ0) is 13.1. The van der Waals surface area contributed by atoms with Crippen molar-refractivity contribution in [3.63, 3.8) is 0 Å². The van der Waals surface area contributed by atoms with Crippen molar-refractivity contribution in [2.24, 2.45) is 0 Å². The zero-order valence-electron chi connectivity index (χ0n) is 9.70. The van der Waals surface area contributed by atoms with Gasteiger partial charge in [0, 0.05) is 12.4 Å². The fraction of sp³-hybridized carbons (Fsp3) is 0.182. The maximum atomic E-state index is 11.2. The molecular weight excluding hydrogens is 252 g/mol. The highest BCUT2D eigenvalue weighted by atomic mass is 32.1. The number of rotatable bonds is 4. The highest BCUT2D eigenvalue weighted by Gasteiger charge is 2.15. The van der Waals surface area contributed by atoms with Crippen molar-refractivity contribution in [3.05, 3.63) is 34.4 Å². The number of nitrogen functional groups attached to an aromatic ring is 1. The van der Waals surface area contributed by atoms with E-state index >= 15 is 0 Å². The van der Waals surface area contributed by atoms with Gasteiger partial charge in [-0.25, -0.2) is 14.8 Å². The number of thiazole rings is 1. The molecule has 94 valence electrons. The standard InChI is InChI=1S/C11H12N4O2S/c1-15(4-7-5-18-6-14-7)9-3-13-10(12)2-8(9)11(16)17/h2-3,5-6H,4H2,1H3,(H2,12,13)(H,16,17). The molecule has 3 N–H and O–H groups in total. The minimum atomic E-state index is -1.02. The lowest BCUT2D eigenvalue weighted by atomic mass is 10.2. The van der Waals surface area contributed by atoms with Crippen molar-refractivity contribution in [3.8, 4) is 0 Å². The second kappa shape index (κ2) is 5.01. The Morgan fingerprint density at radius 1 is 1.56 bits per heavy atom. The SMILES string of the molecule is CN(Cc1cscn1)c1cnc(N)cc1C(=O)O. The maximum Gasteiger partial charge on any atom is 0.338 e. The van der Waals surface area contributed by atoms with Crippen LogP contribution in [0.15, 0.2) is 23.2 Å². The highest BCUT2D eigenvalue weighted by molar-refractivity contribution is 7.07. The lowest BCUT2D eigenvalue weighted by Gasteiger charge is -2.19. The van der Waals surface area contributed by atoms with Crippen LogP contribution in [0.5, 0.6) is 0 Å². The quantitative estimate of drug-likeness (QED) is 0.868. The van der Waals surface area contributed by atoms with Gasteiger partial charge in [-0.3, -0.25) is 0 Å². The molecule has 2 heterocycles. The molecule has 18 heavy (non-hydrogen) atoms. The number of carboxylic acids is 1. The van der Waals surface area contributed by atoms with Crippen LogP contribution < -0.4 is 10.6 Å². The van der Waals surface area contributed by atoms with Crippen LogP contribution in [0.2, 0.25) is 0 Å². The Hall–Kier alpha value is -2.15. The third-order valence-corrected chi connectivity index (χ3v) is 3.06. The van der Waals surface area contributed by atoms with E-state index in [1.54, 1.807) is 17.5 Å². The van der Waals surface area contributed by atoms with Crippen LogP contribution in [0, 0.1) is 0 Å². The third kappa shape index (κ3) is 2.57. The fourth-order valence-corrected chi connectivity index (χ4v) is 2.13. The molecular formula is C11H12N4O2S. The molecule has 0 unspecified atom stereocenters. The summed E-state index contributed by atoms with van der Waals surface area (Å²) in [4.78, 5) is 21.0. The second-order valence-corrected chi connectivity index (χ2v) is 4.49. The van der Waals surface area contributed by atoms with E-state index in [1.807, 2.05) is 5.38 Å². The molecule has 2 rings (SSSR count).